The second kappa shape index (κ2) is 2.99. The summed E-state index contributed by atoms with van der Waals surface area (Å²) >= 11 is 0. The van der Waals surface area contributed by atoms with Crippen LogP contribution in [0.1, 0.15) is 12.8 Å². The quantitative estimate of drug-likeness (QED) is 0.567. The molecule has 0 amide bonds. The zero-order valence-corrected chi connectivity index (χ0v) is 7.50. The molecule has 2 heterocycles. The summed E-state index contributed by atoms with van der Waals surface area (Å²) in [5.41, 5.74) is 0.120. The molecule has 0 radical (unpaired) electrons. The van der Waals surface area contributed by atoms with Gasteiger partial charge in [0.25, 0.3) is 0 Å². The van der Waals surface area contributed by atoms with Gasteiger partial charge in [-0.1, -0.05) is 5.16 Å². The van der Waals surface area contributed by atoms with E-state index in [0.29, 0.717) is 12.1 Å². The van der Waals surface area contributed by atoms with Gasteiger partial charge in [-0.05, 0) is 6.54 Å². The normalized spacial score (nSPS) is 31.6. The van der Waals surface area contributed by atoms with Crippen LogP contribution in [0.4, 0.5) is 0 Å². The van der Waals surface area contributed by atoms with Crippen LogP contribution in [0.3, 0.4) is 0 Å². The fraction of sp³-hybridized carbons (Fsp3) is 0.750. The van der Waals surface area contributed by atoms with Crippen molar-refractivity contribution in [2.45, 2.75) is 18.4 Å². The summed E-state index contributed by atoms with van der Waals surface area (Å²) in [6.45, 7) is 1.68. The van der Waals surface area contributed by atoms with Crippen LogP contribution in [0.25, 0.3) is 0 Å². The van der Waals surface area contributed by atoms with Crippen molar-refractivity contribution in [3.8, 4) is 0 Å². The Labute approximate surface area is 76.1 Å². The van der Waals surface area contributed by atoms with E-state index in [-0.39, 0.29) is 11.6 Å². The number of oxime groups is 1. The Morgan fingerprint density at radius 1 is 1.77 bits per heavy atom. The minimum Gasteiger partial charge on any atom is -0.464 e. The van der Waals surface area contributed by atoms with E-state index in [0.717, 1.165) is 19.5 Å². The highest BCUT2D eigenvalue weighted by atomic mass is 16.7. The fourth-order valence-electron chi connectivity index (χ4n) is 1.70. The molecular formula is C8H12N2O3. The van der Waals surface area contributed by atoms with E-state index in [1.54, 1.807) is 0 Å². The number of hydrogen-bond donors (Lipinski definition) is 1. The third kappa shape index (κ3) is 1.39. The van der Waals surface area contributed by atoms with Crippen LogP contribution >= 0.6 is 0 Å². The smallest absolute Gasteiger partial charge is 0.355 e. The molecule has 72 valence electrons. The average Bonchev–Trinajstić information content (AvgIpc) is 2.76. The van der Waals surface area contributed by atoms with Crippen LogP contribution in [0.15, 0.2) is 5.16 Å². The molecule has 0 aromatic heterocycles. The van der Waals surface area contributed by atoms with Gasteiger partial charge in [-0.2, -0.15) is 0 Å². The molecule has 0 saturated carbocycles. The zero-order chi connectivity index (χ0) is 9.31. The first-order valence-electron chi connectivity index (χ1n) is 4.30. The van der Waals surface area contributed by atoms with E-state index in [1.165, 1.54) is 7.11 Å². The van der Waals surface area contributed by atoms with Crippen molar-refractivity contribution >= 4 is 11.7 Å². The highest BCUT2D eigenvalue weighted by molar-refractivity contribution is 6.36. The van der Waals surface area contributed by atoms with Gasteiger partial charge < -0.3 is 14.9 Å². The minimum absolute atomic E-state index is 0.274. The van der Waals surface area contributed by atoms with Crippen molar-refractivity contribution in [3.63, 3.8) is 0 Å². The predicted molar refractivity (Wildman–Crippen MR) is 45.4 cm³/mol. The molecular weight excluding hydrogens is 172 g/mol. The maximum atomic E-state index is 11.1. The van der Waals surface area contributed by atoms with Crippen molar-refractivity contribution in [1.82, 2.24) is 5.32 Å². The molecule has 2 rings (SSSR count). The highest BCUT2D eigenvalue weighted by Gasteiger charge is 2.43. The lowest BCUT2D eigenvalue weighted by atomic mass is 9.97. The van der Waals surface area contributed by atoms with Crippen molar-refractivity contribution in [2.24, 2.45) is 5.16 Å². The van der Waals surface area contributed by atoms with E-state index >= 15 is 0 Å². The van der Waals surface area contributed by atoms with Crippen LogP contribution in [0.5, 0.6) is 0 Å². The molecule has 0 aromatic carbocycles. The molecule has 0 bridgehead atoms. The monoisotopic (exact) mass is 184 g/mol. The maximum absolute atomic E-state index is 11.1. The van der Waals surface area contributed by atoms with Crippen molar-refractivity contribution in [2.75, 3.05) is 20.2 Å². The molecule has 1 fully saturated rings. The van der Waals surface area contributed by atoms with E-state index in [9.17, 15) is 4.79 Å². The van der Waals surface area contributed by atoms with E-state index in [4.69, 9.17) is 4.84 Å². The molecule has 2 aliphatic rings. The van der Waals surface area contributed by atoms with E-state index in [1.807, 2.05) is 0 Å². The number of ether oxygens (including phenoxy) is 1. The summed E-state index contributed by atoms with van der Waals surface area (Å²) < 4.78 is 4.57. The summed E-state index contributed by atoms with van der Waals surface area (Å²) in [4.78, 5) is 16.4. The predicted octanol–water partition coefficient (Wildman–Crippen LogP) is -0.332. The summed E-state index contributed by atoms with van der Waals surface area (Å²) in [6.07, 6.45) is 1.46. The van der Waals surface area contributed by atoms with Gasteiger partial charge in [0.2, 0.25) is 0 Å². The second-order valence-corrected chi connectivity index (χ2v) is 3.41. The van der Waals surface area contributed by atoms with Crippen molar-refractivity contribution in [1.29, 1.82) is 0 Å². The summed E-state index contributed by atoms with van der Waals surface area (Å²) in [7, 11) is 1.35. The summed E-state index contributed by atoms with van der Waals surface area (Å²) in [5.74, 6) is -0.385. The zero-order valence-electron chi connectivity index (χ0n) is 7.50. The standard InChI is InChI=1S/C8H12N2O3/c1-12-7(11)6-4-8(13-10-6)2-3-9-5-8/h9H,2-5H2,1H3. The Morgan fingerprint density at radius 3 is 3.23 bits per heavy atom. The first-order valence-corrected chi connectivity index (χ1v) is 4.30. The first-order chi connectivity index (χ1) is 6.26. The Hall–Kier alpha value is -1.10. The Morgan fingerprint density at radius 2 is 2.62 bits per heavy atom. The third-order valence-electron chi connectivity index (χ3n) is 2.46. The van der Waals surface area contributed by atoms with Crippen LogP contribution in [-0.2, 0) is 14.4 Å². The molecule has 5 nitrogen and oxygen atoms in total. The fourth-order valence-corrected chi connectivity index (χ4v) is 1.70. The molecule has 13 heavy (non-hydrogen) atoms. The van der Waals surface area contributed by atoms with Gasteiger partial charge in [0.1, 0.15) is 0 Å². The number of nitrogens with zero attached hydrogens (tertiary/aromatic N) is 1. The van der Waals surface area contributed by atoms with Crippen molar-refractivity contribution < 1.29 is 14.4 Å². The number of nitrogens with one attached hydrogen (secondary N) is 1. The lowest BCUT2D eigenvalue weighted by Gasteiger charge is -2.17. The molecule has 1 N–H and O–H groups in total. The van der Waals surface area contributed by atoms with E-state index < -0.39 is 0 Å². The lowest BCUT2D eigenvalue weighted by Crippen LogP contribution is -2.32. The molecule has 2 aliphatic heterocycles. The second-order valence-electron chi connectivity index (χ2n) is 3.41. The number of hydrogen-bond acceptors (Lipinski definition) is 5. The average molecular weight is 184 g/mol. The molecule has 1 unspecified atom stereocenters. The van der Waals surface area contributed by atoms with Crippen LogP contribution in [-0.4, -0.2) is 37.5 Å². The largest absolute Gasteiger partial charge is 0.464 e. The molecule has 0 aliphatic carbocycles. The van der Waals surface area contributed by atoms with Crippen LogP contribution in [0.2, 0.25) is 0 Å². The van der Waals surface area contributed by atoms with Crippen molar-refractivity contribution in [3.05, 3.63) is 0 Å². The topological polar surface area (TPSA) is 59.9 Å². The van der Waals surface area contributed by atoms with E-state index in [2.05, 4.69) is 15.2 Å². The van der Waals surface area contributed by atoms with Gasteiger partial charge in [-0.3, -0.25) is 0 Å². The van der Waals surface area contributed by atoms with Gasteiger partial charge in [-0.25, -0.2) is 4.79 Å². The van der Waals surface area contributed by atoms with Gasteiger partial charge in [0.15, 0.2) is 11.3 Å². The number of esters is 1. The van der Waals surface area contributed by atoms with Gasteiger partial charge in [0, 0.05) is 19.4 Å². The third-order valence-corrected chi connectivity index (χ3v) is 2.46. The highest BCUT2D eigenvalue weighted by Crippen LogP contribution is 2.29. The summed E-state index contributed by atoms with van der Waals surface area (Å²) in [5, 5.41) is 6.93. The number of methoxy groups -OCH3 is 1. The minimum atomic E-state index is -0.385. The first kappa shape index (κ1) is 8.50. The molecule has 1 spiro atoms. The molecule has 1 saturated heterocycles. The molecule has 1 atom stereocenters. The van der Waals surface area contributed by atoms with Crippen LogP contribution in [0, 0.1) is 0 Å². The SMILES string of the molecule is COC(=O)C1=NOC2(CCNC2)C1. The maximum Gasteiger partial charge on any atom is 0.355 e. The van der Waals surface area contributed by atoms with Gasteiger partial charge >= 0.3 is 5.97 Å². The number of carbonyl (C=O) groups is 1. The Balaban J connectivity index is 2.02. The number of carbonyl (C=O) groups excluding carboxylic acids is 1. The molecule has 5 heteroatoms. The molecule has 0 aromatic rings. The lowest BCUT2D eigenvalue weighted by molar-refractivity contribution is -0.132. The summed E-state index contributed by atoms with van der Waals surface area (Å²) in [6, 6.07) is 0. The van der Waals surface area contributed by atoms with Gasteiger partial charge in [-0.15, -0.1) is 0 Å². The Bertz CT molecular complexity index is 256. The van der Waals surface area contributed by atoms with Gasteiger partial charge in [0.05, 0.1) is 7.11 Å². The number of rotatable bonds is 1. The Kier molecular flexibility index (Phi) is 1.95. The van der Waals surface area contributed by atoms with Crippen LogP contribution < -0.4 is 5.32 Å².